The van der Waals surface area contributed by atoms with E-state index >= 15 is 0 Å². The predicted molar refractivity (Wildman–Crippen MR) is 75.4 cm³/mol. The highest BCUT2D eigenvalue weighted by Gasteiger charge is 2.08. The lowest BCUT2D eigenvalue weighted by Crippen LogP contribution is -1.88. The first-order chi connectivity index (χ1) is 9.67. The second-order valence-corrected chi connectivity index (χ2v) is 4.42. The smallest absolute Gasteiger partial charge is 0.127 e. The standard InChI is InChI=1S/C16H12FNO2/c1-20-12-6-7-13-15(8-12)18-14(9-16(13)19)10-2-4-11(17)5-3-10/h2-9H,1H3,(H,18,19). The van der Waals surface area contributed by atoms with Crippen molar-refractivity contribution in [3.05, 3.63) is 54.3 Å². The molecular weight excluding hydrogens is 257 g/mol. The number of benzene rings is 2. The summed E-state index contributed by atoms with van der Waals surface area (Å²) in [6.45, 7) is 0. The highest BCUT2D eigenvalue weighted by Crippen LogP contribution is 2.31. The molecule has 0 saturated heterocycles. The molecule has 0 unspecified atom stereocenters. The topological polar surface area (TPSA) is 42.4 Å². The molecule has 0 bridgehead atoms. The third-order valence-corrected chi connectivity index (χ3v) is 3.14. The molecule has 0 aliphatic rings. The van der Waals surface area contributed by atoms with Gasteiger partial charge in [0.05, 0.1) is 18.3 Å². The van der Waals surface area contributed by atoms with Crippen molar-refractivity contribution in [3.8, 4) is 22.8 Å². The van der Waals surface area contributed by atoms with E-state index < -0.39 is 0 Å². The molecule has 1 heterocycles. The zero-order chi connectivity index (χ0) is 14.1. The maximum absolute atomic E-state index is 12.9. The summed E-state index contributed by atoms with van der Waals surface area (Å²) in [5.41, 5.74) is 1.96. The Labute approximate surface area is 115 Å². The molecule has 3 nitrogen and oxygen atoms in total. The molecule has 0 atom stereocenters. The molecular formula is C16H12FNO2. The Balaban J connectivity index is 2.19. The number of fused-ring (bicyclic) bond motifs is 1. The summed E-state index contributed by atoms with van der Waals surface area (Å²) in [5, 5.41) is 10.7. The van der Waals surface area contributed by atoms with Gasteiger partial charge >= 0.3 is 0 Å². The van der Waals surface area contributed by atoms with E-state index in [2.05, 4.69) is 4.98 Å². The van der Waals surface area contributed by atoms with Gasteiger partial charge in [-0.3, -0.25) is 0 Å². The van der Waals surface area contributed by atoms with Gasteiger partial charge in [-0.2, -0.15) is 0 Å². The molecule has 0 aliphatic heterocycles. The number of hydrogen-bond donors (Lipinski definition) is 1. The van der Waals surface area contributed by atoms with Crippen molar-refractivity contribution in [2.45, 2.75) is 0 Å². The Bertz CT molecular complexity index is 769. The van der Waals surface area contributed by atoms with E-state index in [1.165, 1.54) is 12.1 Å². The summed E-state index contributed by atoms with van der Waals surface area (Å²) in [6, 6.07) is 12.8. The van der Waals surface area contributed by atoms with E-state index in [0.29, 0.717) is 22.3 Å². The molecule has 0 saturated carbocycles. The number of hydrogen-bond acceptors (Lipinski definition) is 3. The predicted octanol–water partition coefficient (Wildman–Crippen LogP) is 3.76. The van der Waals surface area contributed by atoms with E-state index in [4.69, 9.17) is 4.74 Å². The Morgan fingerprint density at radius 2 is 1.80 bits per heavy atom. The molecule has 4 heteroatoms. The van der Waals surface area contributed by atoms with Crippen LogP contribution in [0.5, 0.6) is 11.5 Å². The van der Waals surface area contributed by atoms with Crippen molar-refractivity contribution in [1.82, 2.24) is 4.98 Å². The van der Waals surface area contributed by atoms with Crippen LogP contribution in [0.2, 0.25) is 0 Å². The summed E-state index contributed by atoms with van der Waals surface area (Å²) in [4.78, 5) is 4.48. The number of rotatable bonds is 2. The summed E-state index contributed by atoms with van der Waals surface area (Å²) in [7, 11) is 1.57. The van der Waals surface area contributed by atoms with Gasteiger partial charge in [0.2, 0.25) is 0 Å². The van der Waals surface area contributed by atoms with Gasteiger partial charge < -0.3 is 9.84 Å². The minimum absolute atomic E-state index is 0.136. The fourth-order valence-electron chi connectivity index (χ4n) is 2.09. The van der Waals surface area contributed by atoms with Crippen LogP contribution in [-0.4, -0.2) is 17.2 Å². The number of nitrogens with zero attached hydrogens (tertiary/aromatic N) is 1. The van der Waals surface area contributed by atoms with Gasteiger partial charge in [0.25, 0.3) is 0 Å². The first kappa shape index (κ1) is 12.4. The van der Waals surface area contributed by atoms with Crippen LogP contribution >= 0.6 is 0 Å². The van der Waals surface area contributed by atoms with E-state index in [1.807, 2.05) is 0 Å². The summed E-state index contributed by atoms with van der Waals surface area (Å²) in [5.74, 6) is 0.498. The summed E-state index contributed by atoms with van der Waals surface area (Å²) in [6.07, 6.45) is 0. The van der Waals surface area contributed by atoms with E-state index in [1.54, 1.807) is 43.5 Å². The van der Waals surface area contributed by atoms with Gasteiger partial charge in [0.15, 0.2) is 0 Å². The van der Waals surface area contributed by atoms with Crippen LogP contribution in [0.4, 0.5) is 4.39 Å². The fourth-order valence-corrected chi connectivity index (χ4v) is 2.09. The highest BCUT2D eigenvalue weighted by atomic mass is 19.1. The fraction of sp³-hybridized carbons (Fsp3) is 0.0625. The number of aromatic hydroxyl groups is 1. The Hall–Kier alpha value is -2.62. The zero-order valence-corrected chi connectivity index (χ0v) is 10.8. The Morgan fingerprint density at radius 3 is 2.50 bits per heavy atom. The van der Waals surface area contributed by atoms with Crippen molar-refractivity contribution in [2.24, 2.45) is 0 Å². The molecule has 20 heavy (non-hydrogen) atoms. The molecule has 0 spiro atoms. The lowest BCUT2D eigenvalue weighted by molar-refractivity contribution is 0.415. The van der Waals surface area contributed by atoms with Gasteiger partial charge in [-0.1, -0.05) is 0 Å². The Kier molecular flexibility index (Phi) is 2.99. The van der Waals surface area contributed by atoms with Crippen LogP contribution in [0.1, 0.15) is 0 Å². The van der Waals surface area contributed by atoms with Crippen LogP contribution in [0, 0.1) is 5.82 Å². The van der Waals surface area contributed by atoms with Crippen molar-refractivity contribution >= 4 is 10.9 Å². The Morgan fingerprint density at radius 1 is 1.05 bits per heavy atom. The highest BCUT2D eigenvalue weighted by molar-refractivity contribution is 5.88. The van der Waals surface area contributed by atoms with Gasteiger partial charge in [0.1, 0.15) is 17.3 Å². The molecule has 1 aromatic heterocycles. The van der Waals surface area contributed by atoms with Crippen LogP contribution < -0.4 is 4.74 Å². The van der Waals surface area contributed by atoms with Crippen LogP contribution in [0.15, 0.2) is 48.5 Å². The van der Waals surface area contributed by atoms with Crippen LogP contribution in [-0.2, 0) is 0 Å². The monoisotopic (exact) mass is 269 g/mol. The largest absolute Gasteiger partial charge is 0.507 e. The lowest BCUT2D eigenvalue weighted by atomic mass is 10.1. The number of methoxy groups -OCH3 is 1. The van der Waals surface area contributed by atoms with E-state index in [9.17, 15) is 9.50 Å². The van der Waals surface area contributed by atoms with Gasteiger partial charge in [-0.05, 0) is 36.4 Å². The van der Waals surface area contributed by atoms with Crippen molar-refractivity contribution < 1.29 is 14.2 Å². The van der Waals surface area contributed by atoms with E-state index in [-0.39, 0.29) is 11.6 Å². The van der Waals surface area contributed by atoms with E-state index in [0.717, 1.165) is 5.56 Å². The maximum atomic E-state index is 12.9. The molecule has 3 aromatic rings. The molecule has 0 amide bonds. The van der Waals surface area contributed by atoms with Crippen LogP contribution in [0.3, 0.4) is 0 Å². The SMILES string of the molecule is COc1ccc2c(O)cc(-c3ccc(F)cc3)nc2c1. The van der Waals surface area contributed by atoms with Gasteiger partial charge in [-0.15, -0.1) is 0 Å². The maximum Gasteiger partial charge on any atom is 0.127 e. The summed E-state index contributed by atoms with van der Waals surface area (Å²) >= 11 is 0. The molecule has 2 aromatic carbocycles. The van der Waals surface area contributed by atoms with Crippen molar-refractivity contribution in [2.75, 3.05) is 7.11 Å². The number of ether oxygens (including phenoxy) is 1. The average Bonchev–Trinajstić information content (AvgIpc) is 2.47. The first-order valence-electron chi connectivity index (χ1n) is 6.11. The summed E-state index contributed by atoms with van der Waals surface area (Å²) < 4.78 is 18.1. The van der Waals surface area contributed by atoms with Gasteiger partial charge in [0, 0.05) is 23.1 Å². The molecule has 100 valence electrons. The molecule has 0 aliphatic carbocycles. The number of halogens is 1. The average molecular weight is 269 g/mol. The number of aromatic nitrogens is 1. The minimum Gasteiger partial charge on any atom is -0.507 e. The quantitative estimate of drug-likeness (QED) is 0.770. The third-order valence-electron chi connectivity index (χ3n) is 3.14. The van der Waals surface area contributed by atoms with Gasteiger partial charge in [-0.25, -0.2) is 9.37 Å². The second kappa shape index (κ2) is 4.81. The third kappa shape index (κ3) is 2.16. The van der Waals surface area contributed by atoms with Crippen molar-refractivity contribution in [3.63, 3.8) is 0 Å². The molecule has 1 N–H and O–H groups in total. The zero-order valence-electron chi connectivity index (χ0n) is 10.8. The molecule has 0 fully saturated rings. The number of pyridine rings is 1. The normalized spacial score (nSPS) is 10.7. The molecule has 0 radical (unpaired) electrons. The second-order valence-electron chi connectivity index (χ2n) is 4.42. The first-order valence-corrected chi connectivity index (χ1v) is 6.11. The lowest BCUT2D eigenvalue weighted by Gasteiger charge is -2.07. The minimum atomic E-state index is -0.305. The van der Waals surface area contributed by atoms with Crippen LogP contribution in [0.25, 0.3) is 22.2 Å². The van der Waals surface area contributed by atoms with Crippen molar-refractivity contribution in [1.29, 1.82) is 0 Å². The molecule has 3 rings (SSSR count).